The molecule has 0 spiro atoms. The third kappa shape index (κ3) is 2.89. The van der Waals surface area contributed by atoms with Crippen molar-refractivity contribution in [1.29, 1.82) is 0 Å². The summed E-state index contributed by atoms with van der Waals surface area (Å²) in [5.41, 5.74) is 5.46. The Hall–Kier alpha value is -1.15. The number of furan rings is 1. The van der Waals surface area contributed by atoms with Gasteiger partial charge in [0.15, 0.2) is 0 Å². The quantitative estimate of drug-likeness (QED) is 0.915. The van der Waals surface area contributed by atoms with Gasteiger partial charge in [0.25, 0.3) is 0 Å². The van der Waals surface area contributed by atoms with Crippen LogP contribution in [0.25, 0.3) is 0 Å². The van der Waals surface area contributed by atoms with E-state index < -0.39 is 10.0 Å². The molecule has 0 aliphatic carbocycles. The highest BCUT2D eigenvalue weighted by molar-refractivity contribution is 7.89. The lowest BCUT2D eigenvalue weighted by atomic mass is 10.4. The van der Waals surface area contributed by atoms with E-state index in [9.17, 15) is 8.42 Å². The van der Waals surface area contributed by atoms with Crippen molar-refractivity contribution in [1.82, 2.24) is 4.31 Å². The Kier molecular flexibility index (Phi) is 4.10. The molecule has 19 heavy (non-hydrogen) atoms. The van der Waals surface area contributed by atoms with Gasteiger partial charge in [-0.05, 0) is 18.4 Å². The lowest BCUT2D eigenvalue weighted by molar-refractivity contribution is 0.458. The molecule has 0 aliphatic rings. The van der Waals surface area contributed by atoms with Gasteiger partial charge in [0, 0.05) is 24.5 Å². The molecule has 0 saturated carbocycles. The molecule has 0 saturated heterocycles. The molecule has 0 atom stereocenters. The molecule has 7 heteroatoms. The second kappa shape index (κ2) is 5.46. The van der Waals surface area contributed by atoms with Gasteiger partial charge in [-0.1, -0.05) is 6.07 Å². The van der Waals surface area contributed by atoms with E-state index >= 15 is 0 Å². The van der Waals surface area contributed by atoms with Crippen molar-refractivity contribution in [2.75, 3.05) is 7.05 Å². The topological polar surface area (TPSA) is 76.5 Å². The number of thiophene rings is 1. The molecule has 0 aromatic carbocycles. The van der Waals surface area contributed by atoms with Crippen LogP contribution in [0.1, 0.15) is 16.4 Å². The predicted molar refractivity (Wildman–Crippen MR) is 74.3 cm³/mol. The number of nitrogens with two attached hydrogens (primary N) is 1. The summed E-state index contributed by atoms with van der Waals surface area (Å²) < 4.78 is 31.5. The summed E-state index contributed by atoms with van der Waals surface area (Å²) in [6.07, 6.45) is 0. The first-order valence-electron chi connectivity index (χ1n) is 5.73. The molecule has 0 unspecified atom stereocenters. The summed E-state index contributed by atoms with van der Waals surface area (Å²) in [5, 5.41) is 1.92. The summed E-state index contributed by atoms with van der Waals surface area (Å²) in [4.78, 5) is 1.18. The van der Waals surface area contributed by atoms with Crippen LogP contribution in [0.3, 0.4) is 0 Å². The van der Waals surface area contributed by atoms with Gasteiger partial charge in [0.2, 0.25) is 10.0 Å². The molecule has 2 heterocycles. The number of hydrogen-bond acceptors (Lipinski definition) is 5. The number of aryl methyl sites for hydroxylation is 1. The second-order valence-electron chi connectivity index (χ2n) is 4.18. The molecular weight excluding hydrogens is 284 g/mol. The first-order valence-corrected chi connectivity index (χ1v) is 8.05. The molecule has 0 bridgehead atoms. The normalized spacial score (nSPS) is 12.2. The Morgan fingerprint density at radius 3 is 2.74 bits per heavy atom. The summed E-state index contributed by atoms with van der Waals surface area (Å²) in [7, 11) is -1.99. The van der Waals surface area contributed by atoms with Crippen molar-refractivity contribution in [2.45, 2.75) is 24.9 Å². The minimum atomic E-state index is -3.54. The first kappa shape index (κ1) is 14.3. The molecular formula is C12H16N2O3S2. The van der Waals surface area contributed by atoms with Crippen LogP contribution in [0.4, 0.5) is 0 Å². The van der Waals surface area contributed by atoms with E-state index in [-0.39, 0.29) is 11.4 Å². The van der Waals surface area contributed by atoms with Crippen LogP contribution in [0, 0.1) is 6.92 Å². The van der Waals surface area contributed by atoms with E-state index in [4.69, 9.17) is 10.2 Å². The first-order chi connectivity index (χ1) is 8.95. The fourth-order valence-electron chi connectivity index (χ4n) is 1.76. The van der Waals surface area contributed by atoms with Gasteiger partial charge in [0.1, 0.15) is 16.4 Å². The maximum Gasteiger partial charge on any atom is 0.246 e. The van der Waals surface area contributed by atoms with Gasteiger partial charge in [-0.25, -0.2) is 8.42 Å². The van der Waals surface area contributed by atoms with Gasteiger partial charge in [-0.2, -0.15) is 4.31 Å². The minimum Gasteiger partial charge on any atom is -0.464 e. The summed E-state index contributed by atoms with van der Waals surface area (Å²) in [6.45, 7) is 2.17. The minimum absolute atomic E-state index is 0.186. The standard InChI is InChI=1S/C12H16N2O3S2/c1-9-12(6-10(7-13)17-9)19(15,16)14(2)8-11-4-3-5-18-11/h3-6H,7-8,13H2,1-2H3. The van der Waals surface area contributed by atoms with Crippen LogP contribution in [-0.2, 0) is 23.1 Å². The number of rotatable bonds is 5. The van der Waals surface area contributed by atoms with Crippen molar-refractivity contribution >= 4 is 21.4 Å². The van der Waals surface area contributed by atoms with E-state index in [2.05, 4.69) is 0 Å². The molecule has 2 N–H and O–H groups in total. The molecule has 2 aromatic heterocycles. The maximum absolute atomic E-state index is 12.4. The molecule has 5 nitrogen and oxygen atoms in total. The van der Waals surface area contributed by atoms with Gasteiger partial charge in [-0.3, -0.25) is 0 Å². The zero-order chi connectivity index (χ0) is 14.0. The largest absolute Gasteiger partial charge is 0.464 e. The zero-order valence-corrected chi connectivity index (χ0v) is 12.4. The van der Waals surface area contributed by atoms with Gasteiger partial charge in [0.05, 0.1) is 6.54 Å². The van der Waals surface area contributed by atoms with Crippen molar-refractivity contribution in [3.63, 3.8) is 0 Å². The lowest BCUT2D eigenvalue weighted by Gasteiger charge is -2.15. The van der Waals surface area contributed by atoms with Gasteiger partial charge < -0.3 is 10.2 Å². The third-order valence-electron chi connectivity index (χ3n) is 2.77. The third-order valence-corrected chi connectivity index (χ3v) is 5.54. The SMILES string of the molecule is Cc1oc(CN)cc1S(=O)(=O)N(C)Cc1cccs1. The van der Waals surface area contributed by atoms with E-state index in [1.165, 1.54) is 21.7 Å². The molecule has 0 radical (unpaired) electrons. The van der Waals surface area contributed by atoms with Crippen LogP contribution in [0.2, 0.25) is 0 Å². The van der Waals surface area contributed by atoms with Gasteiger partial charge >= 0.3 is 0 Å². The fourth-order valence-corrected chi connectivity index (χ4v) is 3.92. The number of sulfonamides is 1. The predicted octanol–water partition coefficient (Wildman–Crippen LogP) is 1.93. The van der Waals surface area contributed by atoms with Crippen LogP contribution >= 0.6 is 11.3 Å². The van der Waals surface area contributed by atoms with Crippen molar-refractivity contribution in [2.24, 2.45) is 5.73 Å². The van der Waals surface area contributed by atoms with Crippen LogP contribution < -0.4 is 5.73 Å². The summed E-state index contributed by atoms with van der Waals surface area (Å²) >= 11 is 1.53. The Bertz CT molecular complexity index is 645. The van der Waals surface area contributed by atoms with E-state index in [1.54, 1.807) is 14.0 Å². The lowest BCUT2D eigenvalue weighted by Crippen LogP contribution is -2.26. The van der Waals surface area contributed by atoms with Crippen molar-refractivity contribution in [3.8, 4) is 0 Å². The van der Waals surface area contributed by atoms with Crippen molar-refractivity contribution < 1.29 is 12.8 Å². The van der Waals surface area contributed by atoms with Crippen LogP contribution in [-0.4, -0.2) is 19.8 Å². The van der Waals surface area contributed by atoms with Gasteiger partial charge in [-0.15, -0.1) is 11.3 Å². The van der Waals surface area contributed by atoms with Crippen LogP contribution in [0.5, 0.6) is 0 Å². The molecule has 2 aromatic rings. The number of hydrogen-bond donors (Lipinski definition) is 1. The second-order valence-corrected chi connectivity index (χ2v) is 7.22. The fraction of sp³-hybridized carbons (Fsp3) is 0.333. The van der Waals surface area contributed by atoms with Crippen molar-refractivity contribution in [3.05, 3.63) is 40.0 Å². The Morgan fingerprint density at radius 2 is 2.21 bits per heavy atom. The Morgan fingerprint density at radius 1 is 1.47 bits per heavy atom. The Balaban J connectivity index is 2.28. The monoisotopic (exact) mass is 300 g/mol. The van der Waals surface area contributed by atoms with E-state index in [0.717, 1.165) is 4.88 Å². The maximum atomic E-state index is 12.4. The molecule has 104 valence electrons. The van der Waals surface area contributed by atoms with E-state index in [0.29, 0.717) is 18.1 Å². The highest BCUT2D eigenvalue weighted by Crippen LogP contribution is 2.24. The zero-order valence-electron chi connectivity index (χ0n) is 10.8. The Labute approximate surface area is 116 Å². The van der Waals surface area contributed by atoms with Crippen LogP contribution in [0.15, 0.2) is 32.9 Å². The summed E-state index contributed by atoms with van der Waals surface area (Å²) in [6, 6.07) is 5.30. The molecule has 2 rings (SSSR count). The average molecular weight is 300 g/mol. The number of nitrogens with zero attached hydrogens (tertiary/aromatic N) is 1. The highest BCUT2D eigenvalue weighted by atomic mass is 32.2. The molecule has 0 amide bonds. The molecule has 0 fully saturated rings. The highest BCUT2D eigenvalue weighted by Gasteiger charge is 2.26. The van der Waals surface area contributed by atoms with E-state index in [1.807, 2.05) is 17.5 Å². The molecule has 0 aliphatic heterocycles. The smallest absolute Gasteiger partial charge is 0.246 e. The summed E-state index contributed by atoms with van der Waals surface area (Å²) in [5.74, 6) is 0.846. The average Bonchev–Trinajstić information content (AvgIpc) is 2.98.